The summed E-state index contributed by atoms with van der Waals surface area (Å²) in [5.41, 5.74) is 2.00. The standard InChI is InChI=1S/C15H21N3O/c1-4-18-10-12(8-14(19)17-9-11(2)3)13-6-5-7-16-15(13)18/h5-7,10-11H,4,8-9H2,1-3H3,(H,17,19). The third-order valence-electron chi connectivity index (χ3n) is 3.12. The highest BCUT2D eigenvalue weighted by atomic mass is 16.1. The number of fused-ring (bicyclic) bond motifs is 1. The average Bonchev–Trinajstić information content (AvgIpc) is 2.75. The molecule has 0 atom stereocenters. The second-order valence-electron chi connectivity index (χ2n) is 5.19. The average molecular weight is 259 g/mol. The molecule has 0 fully saturated rings. The van der Waals surface area contributed by atoms with Gasteiger partial charge >= 0.3 is 0 Å². The fourth-order valence-electron chi connectivity index (χ4n) is 2.13. The monoisotopic (exact) mass is 259 g/mol. The Morgan fingerprint density at radius 1 is 1.47 bits per heavy atom. The number of amides is 1. The van der Waals surface area contributed by atoms with E-state index in [1.165, 1.54) is 0 Å². The van der Waals surface area contributed by atoms with Crippen molar-refractivity contribution in [1.29, 1.82) is 0 Å². The molecule has 4 nitrogen and oxygen atoms in total. The molecule has 1 N–H and O–H groups in total. The number of nitrogens with zero attached hydrogens (tertiary/aromatic N) is 2. The van der Waals surface area contributed by atoms with Gasteiger partial charge in [-0.2, -0.15) is 0 Å². The number of aryl methyl sites for hydroxylation is 1. The molecule has 4 heteroatoms. The van der Waals surface area contributed by atoms with Crippen molar-refractivity contribution < 1.29 is 4.79 Å². The summed E-state index contributed by atoms with van der Waals surface area (Å²) in [4.78, 5) is 16.3. The molecule has 0 aliphatic heterocycles. The van der Waals surface area contributed by atoms with Crippen LogP contribution in [0.4, 0.5) is 0 Å². The Bertz CT molecular complexity index is 572. The summed E-state index contributed by atoms with van der Waals surface area (Å²) < 4.78 is 2.08. The smallest absolute Gasteiger partial charge is 0.224 e. The highest BCUT2D eigenvalue weighted by molar-refractivity contribution is 5.87. The third-order valence-corrected chi connectivity index (χ3v) is 3.12. The first-order valence-electron chi connectivity index (χ1n) is 6.81. The normalized spacial score (nSPS) is 11.2. The van der Waals surface area contributed by atoms with Crippen LogP contribution in [0, 0.1) is 5.92 Å². The molecule has 0 radical (unpaired) electrons. The molecule has 2 aromatic rings. The topological polar surface area (TPSA) is 46.9 Å². The summed E-state index contributed by atoms with van der Waals surface area (Å²) in [7, 11) is 0. The molecule has 0 aromatic carbocycles. The second kappa shape index (κ2) is 5.87. The number of nitrogens with one attached hydrogen (secondary N) is 1. The van der Waals surface area contributed by atoms with Gasteiger partial charge in [-0.25, -0.2) is 4.98 Å². The number of aromatic nitrogens is 2. The van der Waals surface area contributed by atoms with E-state index in [4.69, 9.17) is 0 Å². The molecule has 19 heavy (non-hydrogen) atoms. The molecule has 2 aromatic heterocycles. The van der Waals surface area contributed by atoms with Gasteiger partial charge in [-0.1, -0.05) is 13.8 Å². The number of carbonyl (C=O) groups excluding carboxylic acids is 1. The van der Waals surface area contributed by atoms with Crippen LogP contribution in [0.15, 0.2) is 24.5 Å². The molecular formula is C15H21N3O. The van der Waals surface area contributed by atoms with Gasteiger partial charge in [0.15, 0.2) is 0 Å². The summed E-state index contributed by atoms with van der Waals surface area (Å²) in [5, 5.41) is 4.03. The molecular weight excluding hydrogens is 238 g/mol. The quantitative estimate of drug-likeness (QED) is 0.896. The highest BCUT2D eigenvalue weighted by Crippen LogP contribution is 2.19. The summed E-state index contributed by atoms with van der Waals surface area (Å²) in [6.45, 7) is 7.85. The SMILES string of the molecule is CCn1cc(CC(=O)NCC(C)C)c2cccnc21. The molecule has 0 bridgehead atoms. The molecule has 0 aliphatic rings. The van der Waals surface area contributed by atoms with Gasteiger partial charge in [0.2, 0.25) is 5.91 Å². The van der Waals surface area contributed by atoms with Gasteiger partial charge in [-0.15, -0.1) is 0 Å². The van der Waals surface area contributed by atoms with Gasteiger partial charge in [-0.05, 0) is 30.5 Å². The Kier molecular flexibility index (Phi) is 4.20. The Morgan fingerprint density at radius 2 is 2.26 bits per heavy atom. The Balaban J connectivity index is 2.18. The first-order chi connectivity index (χ1) is 9.11. The zero-order valence-corrected chi connectivity index (χ0v) is 11.8. The van der Waals surface area contributed by atoms with Crippen LogP contribution in [0.1, 0.15) is 26.3 Å². The van der Waals surface area contributed by atoms with Crippen molar-refractivity contribution in [1.82, 2.24) is 14.9 Å². The molecule has 1 amide bonds. The van der Waals surface area contributed by atoms with Crippen LogP contribution in [0.25, 0.3) is 11.0 Å². The van der Waals surface area contributed by atoms with Crippen molar-refractivity contribution in [2.45, 2.75) is 33.7 Å². The molecule has 2 rings (SSSR count). The summed E-state index contributed by atoms with van der Waals surface area (Å²) >= 11 is 0. The van der Waals surface area contributed by atoms with Crippen LogP contribution in [-0.4, -0.2) is 22.0 Å². The van der Waals surface area contributed by atoms with E-state index in [1.54, 1.807) is 6.20 Å². The third kappa shape index (κ3) is 3.13. The first kappa shape index (κ1) is 13.6. The lowest BCUT2D eigenvalue weighted by Crippen LogP contribution is -2.28. The van der Waals surface area contributed by atoms with E-state index >= 15 is 0 Å². The van der Waals surface area contributed by atoms with Gasteiger partial charge in [0.25, 0.3) is 0 Å². The first-order valence-corrected chi connectivity index (χ1v) is 6.81. The molecule has 2 heterocycles. The van der Waals surface area contributed by atoms with Crippen LogP contribution >= 0.6 is 0 Å². The second-order valence-corrected chi connectivity index (χ2v) is 5.19. The summed E-state index contributed by atoms with van der Waals surface area (Å²) in [5.74, 6) is 0.551. The molecule has 102 valence electrons. The van der Waals surface area contributed by atoms with Gasteiger partial charge in [0.1, 0.15) is 5.65 Å². The Labute approximate surface area is 113 Å². The molecule has 0 aliphatic carbocycles. The number of hydrogen-bond donors (Lipinski definition) is 1. The van der Waals surface area contributed by atoms with Gasteiger partial charge < -0.3 is 9.88 Å². The minimum atomic E-state index is 0.0766. The predicted molar refractivity (Wildman–Crippen MR) is 77.0 cm³/mol. The van der Waals surface area contributed by atoms with E-state index < -0.39 is 0 Å². The van der Waals surface area contributed by atoms with Gasteiger partial charge in [0.05, 0.1) is 6.42 Å². The van der Waals surface area contributed by atoms with Crippen molar-refractivity contribution in [2.24, 2.45) is 5.92 Å². The molecule has 0 saturated heterocycles. The fraction of sp³-hybridized carbons (Fsp3) is 0.467. The number of pyridine rings is 1. The highest BCUT2D eigenvalue weighted by Gasteiger charge is 2.11. The van der Waals surface area contributed by atoms with Crippen molar-refractivity contribution in [3.8, 4) is 0 Å². The van der Waals surface area contributed by atoms with Crippen LogP contribution in [-0.2, 0) is 17.8 Å². The minimum Gasteiger partial charge on any atom is -0.356 e. The van der Waals surface area contributed by atoms with Crippen LogP contribution in [0.5, 0.6) is 0 Å². The van der Waals surface area contributed by atoms with E-state index in [0.717, 1.165) is 29.7 Å². The van der Waals surface area contributed by atoms with E-state index in [0.29, 0.717) is 12.3 Å². The molecule has 0 saturated carbocycles. The molecule has 0 unspecified atom stereocenters. The minimum absolute atomic E-state index is 0.0766. The predicted octanol–water partition coefficient (Wildman–Crippen LogP) is 2.37. The van der Waals surface area contributed by atoms with Crippen molar-refractivity contribution in [3.63, 3.8) is 0 Å². The molecule has 0 spiro atoms. The fourth-order valence-corrected chi connectivity index (χ4v) is 2.13. The van der Waals surface area contributed by atoms with Crippen molar-refractivity contribution in [2.75, 3.05) is 6.54 Å². The number of hydrogen-bond acceptors (Lipinski definition) is 2. The number of rotatable bonds is 5. The van der Waals surface area contributed by atoms with Crippen LogP contribution in [0.3, 0.4) is 0 Å². The Hall–Kier alpha value is -1.84. The van der Waals surface area contributed by atoms with E-state index in [2.05, 4.69) is 35.6 Å². The maximum absolute atomic E-state index is 11.9. The zero-order chi connectivity index (χ0) is 13.8. The van der Waals surface area contributed by atoms with Gasteiger partial charge in [-0.3, -0.25) is 4.79 Å². The van der Waals surface area contributed by atoms with E-state index in [-0.39, 0.29) is 5.91 Å². The Morgan fingerprint density at radius 3 is 2.95 bits per heavy atom. The summed E-state index contributed by atoms with van der Waals surface area (Å²) in [6, 6.07) is 3.94. The lowest BCUT2D eigenvalue weighted by atomic mass is 10.1. The van der Waals surface area contributed by atoms with E-state index in [1.807, 2.05) is 18.3 Å². The zero-order valence-electron chi connectivity index (χ0n) is 11.8. The summed E-state index contributed by atoms with van der Waals surface area (Å²) in [6.07, 6.45) is 4.24. The number of carbonyl (C=O) groups is 1. The van der Waals surface area contributed by atoms with Gasteiger partial charge in [0, 0.05) is 30.9 Å². The van der Waals surface area contributed by atoms with E-state index in [9.17, 15) is 4.79 Å². The lowest BCUT2D eigenvalue weighted by Gasteiger charge is -2.06. The largest absolute Gasteiger partial charge is 0.356 e. The van der Waals surface area contributed by atoms with Crippen LogP contribution < -0.4 is 5.32 Å². The maximum Gasteiger partial charge on any atom is 0.224 e. The van der Waals surface area contributed by atoms with Crippen molar-refractivity contribution >= 4 is 16.9 Å². The maximum atomic E-state index is 11.9. The lowest BCUT2D eigenvalue weighted by molar-refractivity contribution is -0.120. The van der Waals surface area contributed by atoms with Crippen molar-refractivity contribution in [3.05, 3.63) is 30.1 Å². The van der Waals surface area contributed by atoms with Crippen LogP contribution in [0.2, 0.25) is 0 Å².